The lowest BCUT2D eigenvalue weighted by molar-refractivity contribution is -0.142. The van der Waals surface area contributed by atoms with E-state index in [4.69, 9.17) is 4.74 Å². The number of carbonyl (C=O) groups is 3. The Bertz CT molecular complexity index is 869. The van der Waals surface area contributed by atoms with Gasteiger partial charge in [0, 0.05) is 13.1 Å². The number of nitrogens with zero attached hydrogens (tertiary/aromatic N) is 1. The number of rotatable bonds is 7. The predicted octanol–water partition coefficient (Wildman–Crippen LogP) is 4.80. The van der Waals surface area contributed by atoms with Crippen molar-refractivity contribution in [3.8, 4) is 0 Å². The summed E-state index contributed by atoms with van der Waals surface area (Å²) in [5.41, 5.74) is 2.15. The molecule has 1 aromatic rings. The summed E-state index contributed by atoms with van der Waals surface area (Å²) in [5, 5.41) is 5.92. The largest absolute Gasteiger partial charge is 0.444 e. The molecule has 3 amide bonds. The minimum atomic E-state index is -0.824. The summed E-state index contributed by atoms with van der Waals surface area (Å²) in [6.45, 7) is 13.0. The minimum absolute atomic E-state index is 0.123. The molecule has 1 saturated carbocycles. The molecule has 1 aromatic carbocycles. The first-order chi connectivity index (χ1) is 15.8. The van der Waals surface area contributed by atoms with E-state index in [0.717, 1.165) is 42.4 Å². The molecule has 2 unspecified atom stereocenters. The van der Waals surface area contributed by atoms with Crippen molar-refractivity contribution in [2.24, 2.45) is 5.92 Å². The molecule has 0 aliphatic heterocycles. The van der Waals surface area contributed by atoms with E-state index in [1.165, 1.54) is 11.3 Å². The number of carbonyl (C=O) groups excluding carboxylic acids is 3. The van der Waals surface area contributed by atoms with Crippen molar-refractivity contribution in [2.75, 3.05) is 7.05 Å². The molecule has 0 aromatic heterocycles. The van der Waals surface area contributed by atoms with Gasteiger partial charge in [0.1, 0.15) is 17.7 Å². The van der Waals surface area contributed by atoms with Crippen LogP contribution < -0.4 is 10.6 Å². The van der Waals surface area contributed by atoms with Crippen LogP contribution in [-0.4, -0.2) is 47.5 Å². The lowest BCUT2D eigenvalue weighted by Gasteiger charge is -2.35. The quantitative estimate of drug-likeness (QED) is 0.595. The molecule has 0 spiro atoms. The zero-order valence-corrected chi connectivity index (χ0v) is 22.2. The highest BCUT2D eigenvalue weighted by molar-refractivity contribution is 5.92. The Hall–Kier alpha value is -2.57. The Morgan fingerprint density at radius 3 is 2.24 bits per heavy atom. The standard InChI is InChI=1S/C27H43N3O4/c1-17(2)22(29-26(33)34-27(5,6)7)25(32)30(8)23(21-16-12-13-18(3)19(21)4)24(31)28-20-14-10-9-11-15-20/h12-13,16-17,20,22-23H,9-11,14-15H2,1-8H3,(H,28,31)(H,29,33). The molecule has 2 N–H and O–H groups in total. The van der Waals surface area contributed by atoms with Crippen molar-refractivity contribution >= 4 is 17.9 Å². The third-order valence-electron chi connectivity index (χ3n) is 6.48. The normalized spacial score (nSPS) is 16.5. The summed E-state index contributed by atoms with van der Waals surface area (Å²) in [5.74, 6) is -0.704. The van der Waals surface area contributed by atoms with Crippen molar-refractivity contribution in [3.05, 3.63) is 34.9 Å². The maximum absolute atomic E-state index is 13.7. The van der Waals surface area contributed by atoms with Gasteiger partial charge in [-0.3, -0.25) is 9.59 Å². The second-order valence-electron chi connectivity index (χ2n) is 10.9. The van der Waals surface area contributed by atoms with Gasteiger partial charge in [-0.25, -0.2) is 4.79 Å². The summed E-state index contributed by atoms with van der Waals surface area (Å²) in [7, 11) is 1.64. The van der Waals surface area contributed by atoms with E-state index in [-0.39, 0.29) is 23.8 Å². The van der Waals surface area contributed by atoms with E-state index in [0.29, 0.717) is 0 Å². The number of alkyl carbamates (subject to hydrolysis) is 1. The Morgan fingerprint density at radius 2 is 1.68 bits per heavy atom. The van der Waals surface area contributed by atoms with E-state index >= 15 is 0 Å². The zero-order valence-electron chi connectivity index (χ0n) is 22.2. The Kier molecular flexibility index (Phi) is 9.54. The highest BCUT2D eigenvalue weighted by atomic mass is 16.6. The molecular weight excluding hydrogens is 430 g/mol. The lowest BCUT2D eigenvalue weighted by Crippen LogP contribution is -2.54. The first-order valence-corrected chi connectivity index (χ1v) is 12.4. The lowest BCUT2D eigenvalue weighted by atomic mass is 9.92. The fourth-order valence-corrected chi connectivity index (χ4v) is 4.42. The van der Waals surface area contributed by atoms with Crippen LogP contribution in [0.25, 0.3) is 0 Å². The van der Waals surface area contributed by atoms with Crippen LogP contribution in [0.4, 0.5) is 4.79 Å². The number of ether oxygens (including phenoxy) is 1. The third-order valence-corrected chi connectivity index (χ3v) is 6.48. The Morgan fingerprint density at radius 1 is 1.06 bits per heavy atom. The summed E-state index contributed by atoms with van der Waals surface area (Å²) >= 11 is 0. The smallest absolute Gasteiger partial charge is 0.408 e. The number of hydrogen-bond acceptors (Lipinski definition) is 4. The number of hydrogen-bond donors (Lipinski definition) is 2. The van der Waals surface area contributed by atoms with Crippen LogP contribution >= 0.6 is 0 Å². The zero-order chi connectivity index (χ0) is 25.6. The van der Waals surface area contributed by atoms with E-state index in [1.807, 2.05) is 45.9 Å². The van der Waals surface area contributed by atoms with Crippen LogP contribution in [0.15, 0.2) is 18.2 Å². The summed E-state index contributed by atoms with van der Waals surface area (Å²) < 4.78 is 5.38. The van der Waals surface area contributed by atoms with Gasteiger partial charge < -0.3 is 20.3 Å². The van der Waals surface area contributed by atoms with Gasteiger partial charge in [0.25, 0.3) is 0 Å². The van der Waals surface area contributed by atoms with Crippen molar-refractivity contribution < 1.29 is 19.1 Å². The van der Waals surface area contributed by atoms with Gasteiger partial charge in [-0.1, -0.05) is 51.3 Å². The molecule has 2 atom stereocenters. The molecule has 7 nitrogen and oxygen atoms in total. The van der Waals surface area contributed by atoms with E-state index in [2.05, 4.69) is 10.6 Å². The van der Waals surface area contributed by atoms with Crippen LogP contribution in [0.5, 0.6) is 0 Å². The molecule has 2 rings (SSSR count). The van der Waals surface area contributed by atoms with Crippen molar-refractivity contribution in [1.82, 2.24) is 15.5 Å². The van der Waals surface area contributed by atoms with Gasteiger partial charge in [-0.05, 0) is 70.1 Å². The van der Waals surface area contributed by atoms with Crippen LogP contribution in [0, 0.1) is 19.8 Å². The first-order valence-electron chi connectivity index (χ1n) is 12.4. The molecule has 7 heteroatoms. The van der Waals surface area contributed by atoms with E-state index < -0.39 is 23.8 Å². The second-order valence-corrected chi connectivity index (χ2v) is 10.9. The van der Waals surface area contributed by atoms with Crippen molar-refractivity contribution in [1.29, 1.82) is 0 Å². The number of aryl methyl sites for hydroxylation is 1. The molecule has 0 heterocycles. The highest BCUT2D eigenvalue weighted by Crippen LogP contribution is 2.28. The predicted molar refractivity (Wildman–Crippen MR) is 134 cm³/mol. The molecule has 1 aliphatic carbocycles. The SMILES string of the molecule is Cc1cccc(C(C(=O)NC2CCCCC2)N(C)C(=O)C(NC(=O)OC(C)(C)C)C(C)C)c1C. The maximum atomic E-state index is 13.7. The Balaban J connectivity index is 2.35. The monoisotopic (exact) mass is 473 g/mol. The average molecular weight is 474 g/mol. The fraction of sp³-hybridized carbons (Fsp3) is 0.667. The first kappa shape index (κ1) is 27.7. The summed E-state index contributed by atoms with van der Waals surface area (Å²) in [6, 6.07) is 4.32. The van der Waals surface area contributed by atoms with Crippen LogP contribution in [0.1, 0.15) is 89.5 Å². The molecule has 0 bridgehead atoms. The third kappa shape index (κ3) is 7.47. The topological polar surface area (TPSA) is 87.7 Å². The molecule has 34 heavy (non-hydrogen) atoms. The number of likely N-dealkylation sites (N-methyl/N-ethyl adjacent to an activating group) is 1. The maximum Gasteiger partial charge on any atom is 0.408 e. The van der Waals surface area contributed by atoms with E-state index in [9.17, 15) is 14.4 Å². The fourth-order valence-electron chi connectivity index (χ4n) is 4.42. The number of benzene rings is 1. The Labute approximate surface area is 205 Å². The van der Waals surface area contributed by atoms with Gasteiger partial charge in [0.05, 0.1) is 0 Å². The molecule has 0 saturated heterocycles. The molecular formula is C27H43N3O4. The highest BCUT2D eigenvalue weighted by Gasteiger charge is 2.36. The number of nitrogens with one attached hydrogen (secondary N) is 2. The minimum Gasteiger partial charge on any atom is -0.444 e. The van der Waals surface area contributed by atoms with E-state index in [1.54, 1.807) is 27.8 Å². The van der Waals surface area contributed by atoms with Gasteiger partial charge in [0.15, 0.2) is 0 Å². The van der Waals surface area contributed by atoms with Gasteiger partial charge >= 0.3 is 6.09 Å². The van der Waals surface area contributed by atoms with Crippen LogP contribution in [-0.2, 0) is 14.3 Å². The van der Waals surface area contributed by atoms with Crippen molar-refractivity contribution in [2.45, 2.75) is 104 Å². The molecule has 1 aliphatic rings. The van der Waals surface area contributed by atoms with Gasteiger partial charge in [0.2, 0.25) is 11.8 Å². The average Bonchev–Trinajstić information content (AvgIpc) is 2.74. The van der Waals surface area contributed by atoms with Crippen LogP contribution in [0.3, 0.4) is 0 Å². The summed E-state index contributed by atoms with van der Waals surface area (Å²) in [4.78, 5) is 41.2. The number of amides is 3. The van der Waals surface area contributed by atoms with Crippen molar-refractivity contribution in [3.63, 3.8) is 0 Å². The van der Waals surface area contributed by atoms with Gasteiger partial charge in [-0.2, -0.15) is 0 Å². The molecule has 190 valence electrons. The molecule has 0 radical (unpaired) electrons. The summed E-state index contributed by atoms with van der Waals surface area (Å²) in [6.07, 6.45) is 4.65. The second kappa shape index (κ2) is 11.7. The molecule has 1 fully saturated rings. The van der Waals surface area contributed by atoms with Crippen LogP contribution in [0.2, 0.25) is 0 Å². The van der Waals surface area contributed by atoms with Gasteiger partial charge in [-0.15, -0.1) is 0 Å².